The van der Waals surface area contributed by atoms with Crippen LogP contribution < -0.4 is 5.69 Å². The Balaban J connectivity index is 1.84. The van der Waals surface area contributed by atoms with Gasteiger partial charge < -0.3 is 0 Å². The van der Waals surface area contributed by atoms with Crippen molar-refractivity contribution in [1.82, 2.24) is 19.1 Å². The van der Waals surface area contributed by atoms with E-state index in [2.05, 4.69) is 9.97 Å². The van der Waals surface area contributed by atoms with Crippen molar-refractivity contribution in [1.29, 1.82) is 0 Å². The van der Waals surface area contributed by atoms with Gasteiger partial charge in [0, 0.05) is 25.4 Å². The first-order valence-electron chi connectivity index (χ1n) is 7.07. The number of rotatable bonds is 4. The number of carbonyl (C=O) groups excluding carboxylic acids is 1. The van der Waals surface area contributed by atoms with Gasteiger partial charge in [-0.05, 0) is 31.2 Å². The molecule has 0 saturated carbocycles. The Bertz CT molecular complexity index is 958. The topological polar surface area (TPSA) is 69.8 Å². The van der Waals surface area contributed by atoms with Crippen molar-refractivity contribution in [2.24, 2.45) is 14.1 Å². The van der Waals surface area contributed by atoms with E-state index in [-0.39, 0.29) is 11.5 Å². The first kappa shape index (κ1) is 15.5. The van der Waals surface area contributed by atoms with Crippen molar-refractivity contribution in [3.8, 4) is 0 Å². The fourth-order valence-corrected chi connectivity index (χ4v) is 3.23. The number of aromatic nitrogens is 4. The zero-order chi connectivity index (χ0) is 16.6. The summed E-state index contributed by atoms with van der Waals surface area (Å²) in [5.74, 6) is 0.299. The molecule has 0 spiro atoms. The summed E-state index contributed by atoms with van der Waals surface area (Å²) in [5, 5.41) is 0.777. The van der Waals surface area contributed by atoms with Gasteiger partial charge >= 0.3 is 5.69 Å². The zero-order valence-corrected chi connectivity index (χ0v) is 13.9. The molecule has 0 aliphatic heterocycles. The van der Waals surface area contributed by atoms with Crippen LogP contribution in [0.3, 0.4) is 0 Å². The first-order chi connectivity index (χ1) is 11.0. The largest absolute Gasteiger partial charge is 0.328 e. The average molecular weight is 328 g/mol. The number of benzene rings is 1. The molecule has 3 rings (SSSR count). The quantitative estimate of drug-likeness (QED) is 0.416. The van der Waals surface area contributed by atoms with Crippen molar-refractivity contribution in [3.63, 3.8) is 0 Å². The average Bonchev–Trinajstić information content (AvgIpc) is 2.77. The van der Waals surface area contributed by atoms with Crippen LogP contribution in [0.25, 0.3) is 11.0 Å². The highest BCUT2D eigenvalue weighted by molar-refractivity contribution is 7.99. The van der Waals surface area contributed by atoms with Gasteiger partial charge in [-0.2, -0.15) is 0 Å². The molecule has 0 amide bonds. The van der Waals surface area contributed by atoms with Crippen molar-refractivity contribution in [2.75, 3.05) is 5.75 Å². The van der Waals surface area contributed by atoms with Gasteiger partial charge in [0.05, 0.1) is 16.8 Å². The van der Waals surface area contributed by atoms with Gasteiger partial charge in [-0.15, -0.1) is 0 Å². The summed E-state index contributed by atoms with van der Waals surface area (Å²) in [6.07, 6.45) is 1.49. The molecule has 0 saturated heterocycles. The summed E-state index contributed by atoms with van der Waals surface area (Å²) in [7, 11) is 3.43. The van der Waals surface area contributed by atoms with E-state index in [1.54, 1.807) is 35.4 Å². The van der Waals surface area contributed by atoms with Gasteiger partial charge in [0.25, 0.3) is 0 Å². The Morgan fingerprint density at radius 1 is 1.13 bits per heavy atom. The van der Waals surface area contributed by atoms with E-state index < -0.39 is 0 Å². The van der Waals surface area contributed by atoms with Gasteiger partial charge in [0.1, 0.15) is 11.4 Å². The molecule has 0 fully saturated rings. The van der Waals surface area contributed by atoms with Crippen LogP contribution in [0.5, 0.6) is 0 Å². The molecular weight excluding hydrogens is 312 g/mol. The summed E-state index contributed by atoms with van der Waals surface area (Å²) in [5.41, 5.74) is 2.93. The van der Waals surface area contributed by atoms with Gasteiger partial charge in [-0.1, -0.05) is 11.8 Å². The SMILES string of the molecule is Cc1cc(SCC(=O)c2ccc3c(c2)n(C)c(=O)n3C)ncn1. The van der Waals surface area contributed by atoms with Crippen LogP contribution in [-0.2, 0) is 14.1 Å². The molecule has 1 aromatic carbocycles. The lowest BCUT2D eigenvalue weighted by atomic mass is 10.1. The summed E-state index contributed by atoms with van der Waals surface area (Å²) in [6.45, 7) is 1.89. The molecule has 6 nitrogen and oxygen atoms in total. The van der Waals surface area contributed by atoms with Gasteiger partial charge in [0.15, 0.2) is 5.78 Å². The van der Waals surface area contributed by atoms with Crippen molar-refractivity contribution in [3.05, 3.63) is 52.3 Å². The molecule has 0 bridgehead atoms. The number of fused-ring (bicyclic) bond motifs is 1. The van der Waals surface area contributed by atoms with E-state index >= 15 is 0 Å². The fourth-order valence-electron chi connectivity index (χ4n) is 2.41. The molecule has 7 heteroatoms. The summed E-state index contributed by atoms with van der Waals surface area (Å²) >= 11 is 1.38. The maximum absolute atomic E-state index is 12.4. The van der Waals surface area contributed by atoms with Crippen LogP contribution in [0.2, 0.25) is 0 Å². The predicted molar refractivity (Wildman–Crippen MR) is 90.0 cm³/mol. The van der Waals surface area contributed by atoms with E-state index in [1.165, 1.54) is 18.1 Å². The standard InChI is InChI=1S/C16H16N4O2S/c1-10-6-15(18-9-17-10)23-8-14(21)11-4-5-12-13(7-11)20(3)16(22)19(12)2/h4-7,9H,8H2,1-3H3. The van der Waals surface area contributed by atoms with Crippen molar-refractivity contribution < 1.29 is 4.79 Å². The lowest BCUT2D eigenvalue weighted by Gasteiger charge is -2.03. The van der Waals surface area contributed by atoms with E-state index in [0.717, 1.165) is 21.8 Å². The van der Waals surface area contributed by atoms with Crippen LogP contribution in [0, 0.1) is 6.92 Å². The van der Waals surface area contributed by atoms with E-state index in [4.69, 9.17) is 0 Å². The smallest absolute Gasteiger partial charge is 0.295 e. The summed E-state index contributed by atoms with van der Waals surface area (Å²) in [4.78, 5) is 32.5. The maximum Gasteiger partial charge on any atom is 0.328 e. The third kappa shape index (κ3) is 2.92. The zero-order valence-electron chi connectivity index (χ0n) is 13.1. The monoisotopic (exact) mass is 328 g/mol. The Morgan fingerprint density at radius 3 is 2.61 bits per heavy atom. The molecule has 0 unspecified atom stereocenters. The number of hydrogen-bond acceptors (Lipinski definition) is 5. The number of carbonyl (C=O) groups is 1. The van der Waals surface area contributed by atoms with Gasteiger partial charge in [-0.3, -0.25) is 13.9 Å². The number of aryl methyl sites for hydroxylation is 3. The second kappa shape index (κ2) is 6.00. The minimum absolute atomic E-state index is 0.00414. The molecule has 0 radical (unpaired) electrons. The molecule has 3 aromatic rings. The molecule has 2 aromatic heterocycles. The summed E-state index contributed by atoms with van der Waals surface area (Å²) in [6, 6.07) is 7.19. The first-order valence-corrected chi connectivity index (χ1v) is 8.06. The normalized spacial score (nSPS) is 11.1. The number of ketones is 1. The molecule has 23 heavy (non-hydrogen) atoms. The molecule has 2 heterocycles. The van der Waals surface area contributed by atoms with Crippen LogP contribution in [0.4, 0.5) is 0 Å². The maximum atomic E-state index is 12.4. The van der Waals surface area contributed by atoms with Crippen LogP contribution >= 0.6 is 11.8 Å². The van der Waals surface area contributed by atoms with E-state index in [0.29, 0.717) is 11.3 Å². The minimum Gasteiger partial charge on any atom is -0.295 e. The Kier molecular flexibility index (Phi) is 4.04. The highest BCUT2D eigenvalue weighted by Gasteiger charge is 2.12. The highest BCUT2D eigenvalue weighted by atomic mass is 32.2. The Morgan fingerprint density at radius 2 is 1.87 bits per heavy atom. The minimum atomic E-state index is -0.101. The third-order valence-corrected chi connectivity index (χ3v) is 4.65. The third-order valence-electron chi connectivity index (χ3n) is 3.72. The molecule has 0 aliphatic rings. The number of nitrogens with zero attached hydrogens (tertiary/aromatic N) is 4. The van der Waals surface area contributed by atoms with Gasteiger partial charge in [-0.25, -0.2) is 14.8 Å². The van der Waals surface area contributed by atoms with Gasteiger partial charge in [0.2, 0.25) is 0 Å². The second-order valence-electron chi connectivity index (χ2n) is 5.31. The van der Waals surface area contributed by atoms with Crippen LogP contribution in [0.15, 0.2) is 40.4 Å². The number of hydrogen-bond donors (Lipinski definition) is 0. The summed E-state index contributed by atoms with van der Waals surface area (Å²) < 4.78 is 3.12. The van der Waals surface area contributed by atoms with Crippen LogP contribution in [-0.4, -0.2) is 30.6 Å². The fraction of sp³-hybridized carbons (Fsp3) is 0.250. The lowest BCUT2D eigenvalue weighted by Crippen LogP contribution is -2.19. The second-order valence-corrected chi connectivity index (χ2v) is 6.31. The predicted octanol–water partition coefficient (Wildman–Crippen LogP) is 1.95. The van der Waals surface area contributed by atoms with E-state index in [1.807, 2.05) is 19.1 Å². The molecule has 118 valence electrons. The molecule has 0 aliphatic carbocycles. The molecular formula is C16H16N4O2S. The van der Waals surface area contributed by atoms with Crippen molar-refractivity contribution >= 4 is 28.6 Å². The van der Waals surface area contributed by atoms with Crippen LogP contribution in [0.1, 0.15) is 16.1 Å². The van der Waals surface area contributed by atoms with Crippen molar-refractivity contribution in [2.45, 2.75) is 11.9 Å². The Labute approximate surface area is 137 Å². The number of Topliss-reactive ketones (excluding diaryl/α,β-unsaturated/α-hetero) is 1. The molecule has 0 atom stereocenters. The number of thioether (sulfide) groups is 1. The Hall–Kier alpha value is -2.41. The lowest BCUT2D eigenvalue weighted by molar-refractivity contribution is 0.102. The van der Waals surface area contributed by atoms with E-state index in [9.17, 15) is 9.59 Å². The number of imidazole rings is 1. The molecule has 0 N–H and O–H groups in total. The highest BCUT2D eigenvalue weighted by Crippen LogP contribution is 2.19.